The van der Waals surface area contributed by atoms with Crippen LogP contribution in [0.1, 0.15) is 26.3 Å². The first-order valence-electron chi connectivity index (χ1n) is 6.50. The average Bonchev–Trinajstić information content (AvgIpc) is 2.34. The van der Waals surface area contributed by atoms with E-state index < -0.39 is 0 Å². The molecule has 5 heteroatoms. The number of nitrogens with zero attached hydrogens (tertiary/aromatic N) is 1. The highest BCUT2D eigenvalue weighted by Crippen LogP contribution is 2.18. The Labute approximate surface area is 113 Å². The van der Waals surface area contributed by atoms with Gasteiger partial charge in [-0.2, -0.15) is 0 Å². The van der Waals surface area contributed by atoms with Crippen molar-refractivity contribution in [3.63, 3.8) is 0 Å². The minimum absolute atomic E-state index is 0.0737. The molecule has 19 heavy (non-hydrogen) atoms. The lowest BCUT2D eigenvalue weighted by atomic mass is 10.1. The SMILES string of the molecule is CCN(CC(=O)NC(C)C)c1cc(F)cc(CN)c1. The second kappa shape index (κ2) is 7.09. The van der Waals surface area contributed by atoms with E-state index in [9.17, 15) is 9.18 Å². The van der Waals surface area contributed by atoms with Gasteiger partial charge in [-0.05, 0) is 44.5 Å². The van der Waals surface area contributed by atoms with E-state index in [4.69, 9.17) is 5.73 Å². The molecule has 1 aromatic carbocycles. The standard InChI is InChI=1S/C14H22FN3O/c1-4-18(9-14(19)17-10(2)3)13-6-11(8-16)5-12(15)7-13/h5-7,10H,4,8-9,16H2,1-3H3,(H,17,19). The number of rotatable bonds is 6. The number of halogens is 1. The molecule has 0 unspecified atom stereocenters. The van der Waals surface area contributed by atoms with E-state index in [1.807, 2.05) is 31.7 Å². The highest BCUT2D eigenvalue weighted by molar-refractivity contribution is 5.81. The van der Waals surface area contributed by atoms with Crippen LogP contribution in [0.2, 0.25) is 0 Å². The number of benzene rings is 1. The molecule has 0 aliphatic heterocycles. The summed E-state index contributed by atoms with van der Waals surface area (Å²) in [5.41, 5.74) is 6.93. The molecule has 0 fully saturated rings. The average molecular weight is 267 g/mol. The van der Waals surface area contributed by atoms with Crippen molar-refractivity contribution in [3.05, 3.63) is 29.6 Å². The lowest BCUT2D eigenvalue weighted by Crippen LogP contribution is -2.40. The molecule has 0 spiro atoms. The molecule has 106 valence electrons. The summed E-state index contributed by atoms with van der Waals surface area (Å²) in [4.78, 5) is 13.6. The van der Waals surface area contributed by atoms with Crippen LogP contribution < -0.4 is 16.0 Å². The molecule has 0 aromatic heterocycles. The van der Waals surface area contributed by atoms with Crippen molar-refractivity contribution in [1.82, 2.24) is 5.32 Å². The van der Waals surface area contributed by atoms with Crippen molar-refractivity contribution in [2.24, 2.45) is 5.73 Å². The first kappa shape index (κ1) is 15.4. The van der Waals surface area contributed by atoms with E-state index in [1.54, 1.807) is 0 Å². The summed E-state index contributed by atoms with van der Waals surface area (Å²) in [6.07, 6.45) is 0. The predicted molar refractivity (Wildman–Crippen MR) is 75.5 cm³/mol. The number of likely N-dealkylation sites (N-methyl/N-ethyl adjacent to an activating group) is 1. The molecule has 0 aliphatic rings. The van der Waals surface area contributed by atoms with Gasteiger partial charge in [0, 0.05) is 24.8 Å². The van der Waals surface area contributed by atoms with Crippen molar-refractivity contribution in [2.45, 2.75) is 33.4 Å². The van der Waals surface area contributed by atoms with E-state index in [1.165, 1.54) is 12.1 Å². The van der Waals surface area contributed by atoms with Gasteiger partial charge >= 0.3 is 0 Å². The smallest absolute Gasteiger partial charge is 0.239 e. The molecule has 0 bridgehead atoms. The molecule has 0 saturated carbocycles. The molecule has 0 heterocycles. The van der Waals surface area contributed by atoms with Crippen LogP contribution in [0.3, 0.4) is 0 Å². The summed E-state index contributed by atoms with van der Waals surface area (Å²) in [5, 5.41) is 2.82. The Kier molecular flexibility index (Phi) is 5.76. The Hall–Kier alpha value is -1.62. The van der Waals surface area contributed by atoms with Gasteiger partial charge in [0.25, 0.3) is 0 Å². The Balaban J connectivity index is 2.84. The van der Waals surface area contributed by atoms with Gasteiger partial charge in [0.05, 0.1) is 6.54 Å². The van der Waals surface area contributed by atoms with Gasteiger partial charge in [-0.15, -0.1) is 0 Å². The minimum atomic E-state index is -0.333. The van der Waals surface area contributed by atoms with Crippen LogP contribution in [-0.4, -0.2) is 25.0 Å². The number of anilines is 1. The lowest BCUT2D eigenvalue weighted by molar-refractivity contribution is -0.120. The van der Waals surface area contributed by atoms with Crippen LogP contribution in [0.15, 0.2) is 18.2 Å². The van der Waals surface area contributed by atoms with Crippen LogP contribution in [0.25, 0.3) is 0 Å². The summed E-state index contributed by atoms with van der Waals surface area (Å²) in [5.74, 6) is -0.406. The van der Waals surface area contributed by atoms with Crippen molar-refractivity contribution in [3.8, 4) is 0 Å². The van der Waals surface area contributed by atoms with Crippen molar-refractivity contribution in [2.75, 3.05) is 18.0 Å². The summed E-state index contributed by atoms with van der Waals surface area (Å²) < 4.78 is 13.5. The number of hydrogen-bond acceptors (Lipinski definition) is 3. The zero-order valence-corrected chi connectivity index (χ0v) is 11.7. The molecule has 1 aromatic rings. The molecule has 3 N–H and O–H groups in total. The van der Waals surface area contributed by atoms with Gasteiger partial charge in [-0.3, -0.25) is 4.79 Å². The van der Waals surface area contributed by atoms with Gasteiger partial charge < -0.3 is 16.0 Å². The summed E-state index contributed by atoms with van der Waals surface area (Å²) in [6.45, 7) is 6.85. The van der Waals surface area contributed by atoms with Crippen LogP contribution >= 0.6 is 0 Å². The second-order valence-electron chi connectivity index (χ2n) is 4.76. The maximum Gasteiger partial charge on any atom is 0.239 e. The van der Waals surface area contributed by atoms with E-state index in [0.717, 1.165) is 5.56 Å². The molecule has 1 amide bonds. The fraction of sp³-hybridized carbons (Fsp3) is 0.500. The zero-order chi connectivity index (χ0) is 14.4. The van der Waals surface area contributed by atoms with Crippen molar-refractivity contribution < 1.29 is 9.18 Å². The zero-order valence-electron chi connectivity index (χ0n) is 11.7. The van der Waals surface area contributed by atoms with Gasteiger partial charge in [0.2, 0.25) is 5.91 Å². The number of nitrogens with two attached hydrogens (primary N) is 1. The molecular formula is C14H22FN3O. The van der Waals surface area contributed by atoms with Crippen LogP contribution in [0.5, 0.6) is 0 Å². The quantitative estimate of drug-likeness (QED) is 0.823. The summed E-state index contributed by atoms with van der Waals surface area (Å²) >= 11 is 0. The van der Waals surface area contributed by atoms with Gasteiger partial charge in [-0.1, -0.05) is 0 Å². The van der Waals surface area contributed by atoms with Crippen LogP contribution in [0.4, 0.5) is 10.1 Å². The molecule has 1 rings (SSSR count). The van der Waals surface area contributed by atoms with E-state index in [-0.39, 0.29) is 30.9 Å². The lowest BCUT2D eigenvalue weighted by Gasteiger charge is -2.23. The van der Waals surface area contributed by atoms with Crippen LogP contribution in [0, 0.1) is 5.82 Å². The first-order valence-corrected chi connectivity index (χ1v) is 6.50. The molecular weight excluding hydrogens is 245 g/mol. The first-order chi connectivity index (χ1) is 8.96. The van der Waals surface area contributed by atoms with Crippen molar-refractivity contribution >= 4 is 11.6 Å². The number of carbonyl (C=O) groups is 1. The third kappa shape index (κ3) is 4.87. The van der Waals surface area contributed by atoms with Crippen LogP contribution in [-0.2, 0) is 11.3 Å². The third-order valence-electron chi connectivity index (χ3n) is 2.71. The van der Waals surface area contributed by atoms with E-state index in [0.29, 0.717) is 12.2 Å². The molecule has 0 atom stereocenters. The molecule has 4 nitrogen and oxygen atoms in total. The third-order valence-corrected chi connectivity index (χ3v) is 2.71. The van der Waals surface area contributed by atoms with E-state index >= 15 is 0 Å². The largest absolute Gasteiger partial charge is 0.362 e. The maximum absolute atomic E-state index is 13.5. The Morgan fingerprint density at radius 3 is 2.63 bits per heavy atom. The van der Waals surface area contributed by atoms with Gasteiger partial charge in [-0.25, -0.2) is 4.39 Å². The fourth-order valence-electron chi connectivity index (χ4n) is 1.86. The van der Waals surface area contributed by atoms with E-state index in [2.05, 4.69) is 5.32 Å². The minimum Gasteiger partial charge on any atom is -0.362 e. The number of amides is 1. The summed E-state index contributed by atoms with van der Waals surface area (Å²) in [7, 11) is 0. The Bertz CT molecular complexity index is 435. The Morgan fingerprint density at radius 1 is 1.42 bits per heavy atom. The number of carbonyl (C=O) groups excluding carboxylic acids is 1. The molecule has 0 saturated heterocycles. The second-order valence-corrected chi connectivity index (χ2v) is 4.76. The fourth-order valence-corrected chi connectivity index (χ4v) is 1.86. The molecule has 0 aliphatic carbocycles. The Morgan fingerprint density at radius 2 is 2.11 bits per heavy atom. The topological polar surface area (TPSA) is 58.4 Å². The monoisotopic (exact) mass is 267 g/mol. The maximum atomic E-state index is 13.5. The normalized spacial score (nSPS) is 10.6. The predicted octanol–water partition coefficient (Wildman–Crippen LogP) is 1.64. The van der Waals surface area contributed by atoms with Gasteiger partial charge in [0.15, 0.2) is 0 Å². The van der Waals surface area contributed by atoms with Crippen molar-refractivity contribution in [1.29, 1.82) is 0 Å². The highest BCUT2D eigenvalue weighted by atomic mass is 19.1. The number of hydrogen-bond donors (Lipinski definition) is 2. The van der Waals surface area contributed by atoms with Gasteiger partial charge in [0.1, 0.15) is 5.82 Å². The highest BCUT2D eigenvalue weighted by Gasteiger charge is 2.12. The number of nitrogens with one attached hydrogen (secondary N) is 1. The molecule has 0 radical (unpaired) electrons. The summed E-state index contributed by atoms with van der Waals surface area (Å²) in [6, 6.07) is 4.74.